The summed E-state index contributed by atoms with van der Waals surface area (Å²) >= 11 is 1.64. The normalized spacial score (nSPS) is 19.4. The molecule has 0 saturated carbocycles. The topological polar surface area (TPSA) is 43.4 Å². The molecule has 90 valence electrons. The average Bonchev–Trinajstić information content (AvgIpc) is 2.50. The second-order valence-electron chi connectivity index (χ2n) is 4.03. The van der Waals surface area contributed by atoms with Crippen molar-refractivity contribution < 1.29 is 14.3 Å². The number of hydrogen-bond donors (Lipinski definition) is 0. The van der Waals surface area contributed by atoms with Gasteiger partial charge in [-0.05, 0) is 24.7 Å². The van der Waals surface area contributed by atoms with E-state index in [-0.39, 0.29) is 5.78 Å². The van der Waals surface area contributed by atoms with Gasteiger partial charge in [-0.1, -0.05) is 18.2 Å². The fraction of sp³-hybridized carbons (Fsp3) is 0.385. The Morgan fingerprint density at radius 3 is 2.94 bits per heavy atom. The minimum Gasteiger partial charge on any atom is -0.468 e. The third-order valence-corrected chi connectivity index (χ3v) is 4.20. The van der Waals surface area contributed by atoms with E-state index in [0.717, 1.165) is 16.2 Å². The van der Waals surface area contributed by atoms with Gasteiger partial charge in [0.2, 0.25) is 0 Å². The summed E-state index contributed by atoms with van der Waals surface area (Å²) in [5.74, 6) is -0.412. The number of rotatable bonds is 1. The minimum atomic E-state index is -0.643. The summed E-state index contributed by atoms with van der Waals surface area (Å²) in [6, 6.07) is 5.63. The van der Waals surface area contributed by atoms with Crippen molar-refractivity contribution in [2.45, 2.75) is 18.2 Å². The highest BCUT2D eigenvalue weighted by atomic mass is 32.2. The number of ketones is 1. The highest BCUT2D eigenvalue weighted by molar-refractivity contribution is 7.99. The van der Waals surface area contributed by atoms with Crippen LogP contribution in [0.1, 0.15) is 22.3 Å². The third-order valence-electron chi connectivity index (χ3n) is 2.93. The van der Waals surface area contributed by atoms with Crippen LogP contribution in [0.15, 0.2) is 23.1 Å². The lowest BCUT2D eigenvalue weighted by atomic mass is 9.94. The molecular formula is C13H14O3S. The van der Waals surface area contributed by atoms with Crippen LogP contribution >= 0.6 is 11.8 Å². The zero-order valence-corrected chi connectivity index (χ0v) is 10.7. The summed E-state index contributed by atoms with van der Waals surface area (Å²) in [7, 11) is 1.32. The molecule has 1 atom stereocenters. The molecule has 0 saturated heterocycles. The molecule has 0 N–H and O–H groups in total. The molecule has 0 radical (unpaired) electrons. The number of ether oxygens (including phenoxy) is 1. The number of carbonyl (C=O) groups is 2. The van der Waals surface area contributed by atoms with Crippen molar-refractivity contribution in [3.8, 4) is 0 Å². The van der Waals surface area contributed by atoms with Crippen molar-refractivity contribution in [3.05, 3.63) is 29.3 Å². The van der Waals surface area contributed by atoms with Crippen molar-refractivity contribution in [3.63, 3.8) is 0 Å². The number of thioether (sulfide) groups is 1. The van der Waals surface area contributed by atoms with Gasteiger partial charge in [-0.3, -0.25) is 9.59 Å². The Labute approximate surface area is 105 Å². The molecule has 1 aromatic carbocycles. The van der Waals surface area contributed by atoms with Crippen LogP contribution in [0.25, 0.3) is 0 Å². The van der Waals surface area contributed by atoms with Gasteiger partial charge in [0.1, 0.15) is 5.92 Å². The standard InChI is InChI=1S/C13H14O3S/c1-8-4-3-5-9-11(14)10(13(15)16-2)6-7-17-12(8)9/h3-5,10H,6-7H2,1-2H3. The Morgan fingerprint density at radius 2 is 2.24 bits per heavy atom. The maximum absolute atomic E-state index is 12.3. The van der Waals surface area contributed by atoms with Crippen molar-refractivity contribution >= 4 is 23.5 Å². The van der Waals surface area contributed by atoms with E-state index in [4.69, 9.17) is 4.74 Å². The Hall–Kier alpha value is -1.29. The molecule has 0 fully saturated rings. The van der Waals surface area contributed by atoms with Gasteiger partial charge in [-0.15, -0.1) is 11.8 Å². The van der Waals surface area contributed by atoms with E-state index in [1.54, 1.807) is 17.8 Å². The van der Waals surface area contributed by atoms with Crippen LogP contribution in [0.3, 0.4) is 0 Å². The first-order valence-corrected chi connectivity index (χ1v) is 6.48. The summed E-state index contributed by atoms with van der Waals surface area (Å²) in [6.07, 6.45) is 0.546. The summed E-state index contributed by atoms with van der Waals surface area (Å²) in [5, 5.41) is 0. The van der Waals surface area contributed by atoms with Gasteiger partial charge in [0.25, 0.3) is 0 Å². The highest BCUT2D eigenvalue weighted by Crippen LogP contribution is 2.34. The van der Waals surface area contributed by atoms with Crippen LogP contribution in [0, 0.1) is 12.8 Å². The average molecular weight is 250 g/mol. The largest absolute Gasteiger partial charge is 0.468 e. The smallest absolute Gasteiger partial charge is 0.316 e. The van der Waals surface area contributed by atoms with E-state index in [1.165, 1.54) is 7.11 Å². The van der Waals surface area contributed by atoms with Crippen LogP contribution < -0.4 is 0 Å². The minimum absolute atomic E-state index is 0.111. The van der Waals surface area contributed by atoms with Crippen LogP contribution in [0.5, 0.6) is 0 Å². The van der Waals surface area contributed by atoms with Gasteiger partial charge in [0.05, 0.1) is 7.11 Å². The number of carbonyl (C=O) groups excluding carboxylic acids is 2. The van der Waals surface area contributed by atoms with Gasteiger partial charge >= 0.3 is 5.97 Å². The molecule has 17 heavy (non-hydrogen) atoms. The van der Waals surface area contributed by atoms with E-state index in [2.05, 4.69) is 0 Å². The van der Waals surface area contributed by atoms with Crippen LogP contribution in [0.4, 0.5) is 0 Å². The van der Waals surface area contributed by atoms with Crippen molar-refractivity contribution in [2.24, 2.45) is 5.92 Å². The molecular weight excluding hydrogens is 236 g/mol. The fourth-order valence-electron chi connectivity index (χ4n) is 2.00. The van der Waals surface area contributed by atoms with Gasteiger partial charge in [-0.25, -0.2) is 0 Å². The van der Waals surface area contributed by atoms with Gasteiger partial charge in [0, 0.05) is 10.5 Å². The molecule has 1 heterocycles. The number of methoxy groups -OCH3 is 1. The van der Waals surface area contributed by atoms with E-state index in [0.29, 0.717) is 12.0 Å². The third kappa shape index (κ3) is 2.22. The maximum Gasteiger partial charge on any atom is 0.316 e. The summed E-state index contributed by atoms with van der Waals surface area (Å²) in [4.78, 5) is 24.9. The molecule has 0 amide bonds. The Balaban J connectivity index is 2.43. The van der Waals surface area contributed by atoms with Gasteiger partial charge in [-0.2, -0.15) is 0 Å². The summed E-state index contributed by atoms with van der Waals surface area (Å²) < 4.78 is 4.69. The first kappa shape index (κ1) is 12.2. The predicted molar refractivity (Wildman–Crippen MR) is 66.4 cm³/mol. The fourth-order valence-corrected chi connectivity index (χ4v) is 3.18. The van der Waals surface area contributed by atoms with E-state index in [1.807, 2.05) is 19.1 Å². The number of Topliss-reactive ketones (excluding diaryl/α,β-unsaturated/α-hetero) is 1. The molecule has 4 heteroatoms. The molecule has 1 unspecified atom stereocenters. The molecule has 0 spiro atoms. The first-order chi connectivity index (χ1) is 8.15. The number of fused-ring (bicyclic) bond motifs is 1. The van der Waals surface area contributed by atoms with Crippen molar-refractivity contribution in [1.29, 1.82) is 0 Å². The molecule has 2 rings (SSSR count). The predicted octanol–water partition coefficient (Wildman–Crippen LogP) is 2.46. The van der Waals surface area contributed by atoms with Crippen molar-refractivity contribution in [1.82, 2.24) is 0 Å². The van der Waals surface area contributed by atoms with E-state index >= 15 is 0 Å². The van der Waals surface area contributed by atoms with Crippen molar-refractivity contribution in [2.75, 3.05) is 12.9 Å². The maximum atomic E-state index is 12.3. The lowest BCUT2D eigenvalue weighted by Crippen LogP contribution is -2.25. The molecule has 3 nitrogen and oxygen atoms in total. The second kappa shape index (κ2) is 4.92. The lowest BCUT2D eigenvalue weighted by Gasteiger charge is -2.11. The second-order valence-corrected chi connectivity index (χ2v) is 5.13. The molecule has 1 aliphatic rings. The first-order valence-electron chi connectivity index (χ1n) is 5.49. The van der Waals surface area contributed by atoms with Gasteiger partial charge < -0.3 is 4.74 Å². The Kier molecular flexibility index (Phi) is 3.52. The van der Waals surface area contributed by atoms with Crippen LogP contribution in [0.2, 0.25) is 0 Å². The van der Waals surface area contributed by atoms with E-state index < -0.39 is 11.9 Å². The molecule has 0 aromatic heterocycles. The van der Waals surface area contributed by atoms with Crippen LogP contribution in [-0.4, -0.2) is 24.6 Å². The Morgan fingerprint density at radius 1 is 1.47 bits per heavy atom. The van der Waals surface area contributed by atoms with Gasteiger partial charge in [0.15, 0.2) is 5.78 Å². The number of benzene rings is 1. The quantitative estimate of drug-likeness (QED) is 0.567. The molecule has 1 aromatic rings. The zero-order chi connectivity index (χ0) is 12.4. The summed E-state index contributed by atoms with van der Waals surface area (Å²) in [5.41, 5.74) is 1.74. The molecule has 0 aliphatic carbocycles. The molecule has 0 bridgehead atoms. The monoisotopic (exact) mass is 250 g/mol. The number of hydrogen-bond acceptors (Lipinski definition) is 4. The number of aryl methyl sites for hydroxylation is 1. The van der Waals surface area contributed by atoms with E-state index in [9.17, 15) is 9.59 Å². The molecule has 1 aliphatic heterocycles. The highest BCUT2D eigenvalue weighted by Gasteiger charge is 2.32. The Bertz CT molecular complexity index is 468. The zero-order valence-electron chi connectivity index (χ0n) is 9.86. The number of esters is 1. The summed E-state index contributed by atoms with van der Waals surface area (Å²) in [6.45, 7) is 1.98. The van der Waals surface area contributed by atoms with Crippen LogP contribution in [-0.2, 0) is 9.53 Å². The lowest BCUT2D eigenvalue weighted by molar-refractivity contribution is -0.143. The SMILES string of the molecule is COC(=O)C1CCSc2c(C)cccc2C1=O.